The minimum atomic E-state index is 0.171. The van der Waals surface area contributed by atoms with Crippen LogP contribution in [0.25, 0.3) is 0 Å². The monoisotopic (exact) mass is 220 g/mol. The zero-order valence-corrected chi connectivity index (χ0v) is 9.60. The van der Waals surface area contributed by atoms with Crippen molar-refractivity contribution in [2.24, 2.45) is 5.73 Å². The van der Waals surface area contributed by atoms with Crippen molar-refractivity contribution in [1.29, 1.82) is 0 Å². The molecule has 0 saturated carbocycles. The molecule has 3 N–H and O–H groups in total. The third-order valence-corrected chi connectivity index (χ3v) is 2.44. The van der Waals surface area contributed by atoms with Crippen LogP contribution in [0.1, 0.15) is 11.1 Å². The molecule has 0 heterocycles. The quantitative estimate of drug-likeness (QED) is 0.677. The Labute approximate surface area is 97.2 Å². The van der Waals surface area contributed by atoms with Crippen molar-refractivity contribution in [3.8, 4) is 0 Å². The van der Waals surface area contributed by atoms with Crippen molar-refractivity contribution in [3.05, 3.63) is 48.0 Å². The minimum absolute atomic E-state index is 0.171. The smallest absolute Gasteiger partial charge is 0.0558 e. The van der Waals surface area contributed by atoms with Gasteiger partial charge in [0.1, 0.15) is 0 Å². The van der Waals surface area contributed by atoms with Gasteiger partial charge in [-0.15, -0.1) is 6.58 Å². The van der Waals surface area contributed by atoms with Gasteiger partial charge >= 0.3 is 0 Å². The highest BCUT2D eigenvalue weighted by atomic mass is 16.3. The third-order valence-electron chi connectivity index (χ3n) is 2.44. The molecule has 0 aliphatic carbocycles. The fourth-order valence-corrected chi connectivity index (χ4v) is 1.67. The lowest BCUT2D eigenvalue weighted by molar-refractivity contribution is 0.203. The summed E-state index contributed by atoms with van der Waals surface area (Å²) in [5.41, 5.74) is 7.96. The van der Waals surface area contributed by atoms with Gasteiger partial charge in [-0.3, -0.25) is 4.90 Å². The Morgan fingerprint density at radius 2 is 2.12 bits per heavy atom. The molecule has 1 aromatic carbocycles. The highest BCUT2D eigenvalue weighted by Gasteiger charge is 2.03. The second kappa shape index (κ2) is 7.17. The number of aliphatic hydroxyl groups excluding tert-OH is 1. The zero-order valence-electron chi connectivity index (χ0n) is 9.60. The maximum absolute atomic E-state index is 8.95. The van der Waals surface area contributed by atoms with E-state index in [1.165, 1.54) is 5.56 Å². The van der Waals surface area contributed by atoms with E-state index < -0.39 is 0 Å². The summed E-state index contributed by atoms with van der Waals surface area (Å²) in [5, 5.41) is 8.95. The molecule has 0 radical (unpaired) electrons. The van der Waals surface area contributed by atoms with Gasteiger partial charge in [-0.2, -0.15) is 0 Å². The maximum atomic E-state index is 8.95. The molecule has 0 fully saturated rings. The molecule has 0 saturated heterocycles. The average molecular weight is 220 g/mol. The first-order valence-electron chi connectivity index (χ1n) is 5.52. The molecule has 1 rings (SSSR count). The van der Waals surface area contributed by atoms with Gasteiger partial charge in [-0.05, 0) is 11.1 Å². The van der Waals surface area contributed by atoms with Gasteiger partial charge in [-0.25, -0.2) is 0 Å². The van der Waals surface area contributed by atoms with E-state index in [0.29, 0.717) is 13.1 Å². The molecule has 0 bridgehead atoms. The van der Waals surface area contributed by atoms with Crippen LogP contribution in [0, 0.1) is 0 Å². The van der Waals surface area contributed by atoms with E-state index in [-0.39, 0.29) is 6.61 Å². The Morgan fingerprint density at radius 1 is 1.38 bits per heavy atom. The van der Waals surface area contributed by atoms with Crippen LogP contribution in [-0.4, -0.2) is 29.7 Å². The Balaban J connectivity index is 2.64. The fraction of sp³-hybridized carbons (Fsp3) is 0.385. The lowest BCUT2D eigenvalue weighted by Gasteiger charge is -2.19. The standard InChI is InChI=1S/C13H20N2O/c1-2-6-15(7-8-16)11-13-5-3-4-12(9-13)10-14/h2-5,9,16H,1,6-8,10-11,14H2. The van der Waals surface area contributed by atoms with Crippen molar-refractivity contribution >= 4 is 0 Å². The molecular weight excluding hydrogens is 200 g/mol. The molecule has 88 valence electrons. The summed E-state index contributed by atoms with van der Waals surface area (Å²) in [6, 6.07) is 8.22. The van der Waals surface area contributed by atoms with Crippen LogP contribution >= 0.6 is 0 Å². The lowest BCUT2D eigenvalue weighted by atomic mass is 10.1. The molecule has 0 spiro atoms. The fourth-order valence-electron chi connectivity index (χ4n) is 1.67. The molecular formula is C13H20N2O. The van der Waals surface area contributed by atoms with Crippen LogP contribution in [-0.2, 0) is 13.1 Å². The highest BCUT2D eigenvalue weighted by molar-refractivity contribution is 5.23. The SMILES string of the molecule is C=CCN(CCO)Cc1cccc(CN)c1. The Bertz CT molecular complexity index is 325. The molecule has 16 heavy (non-hydrogen) atoms. The van der Waals surface area contributed by atoms with E-state index in [9.17, 15) is 0 Å². The van der Waals surface area contributed by atoms with Crippen LogP contribution in [0.4, 0.5) is 0 Å². The third kappa shape index (κ3) is 4.14. The van der Waals surface area contributed by atoms with E-state index in [1.54, 1.807) is 0 Å². The first kappa shape index (κ1) is 12.9. The molecule has 0 amide bonds. The van der Waals surface area contributed by atoms with Crippen molar-refractivity contribution in [3.63, 3.8) is 0 Å². The van der Waals surface area contributed by atoms with E-state index in [0.717, 1.165) is 18.7 Å². The van der Waals surface area contributed by atoms with Gasteiger partial charge in [0, 0.05) is 26.2 Å². The molecule has 3 nitrogen and oxygen atoms in total. The van der Waals surface area contributed by atoms with Gasteiger partial charge < -0.3 is 10.8 Å². The molecule has 0 aliphatic heterocycles. The molecule has 0 aliphatic rings. The summed E-state index contributed by atoms with van der Waals surface area (Å²) in [6.45, 7) is 6.72. The topological polar surface area (TPSA) is 49.5 Å². The summed E-state index contributed by atoms with van der Waals surface area (Å²) >= 11 is 0. The van der Waals surface area contributed by atoms with Gasteiger partial charge in [0.05, 0.1) is 6.61 Å². The molecule has 0 unspecified atom stereocenters. The van der Waals surface area contributed by atoms with Crippen LogP contribution in [0.15, 0.2) is 36.9 Å². The highest BCUT2D eigenvalue weighted by Crippen LogP contribution is 2.08. The Kier molecular flexibility index (Phi) is 5.78. The number of nitrogens with two attached hydrogens (primary N) is 1. The lowest BCUT2D eigenvalue weighted by Crippen LogP contribution is -2.26. The van der Waals surface area contributed by atoms with Crippen LogP contribution in [0.3, 0.4) is 0 Å². The number of aliphatic hydroxyl groups is 1. The van der Waals surface area contributed by atoms with Crippen molar-refractivity contribution in [1.82, 2.24) is 4.90 Å². The second-order valence-electron chi connectivity index (χ2n) is 3.77. The van der Waals surface area contributed by atoms with E-state index >= 15 is 0 Å². The summed E-state index contributed by atoms with van der Waals surface area (Å²) < 4.78 is 0. The number of rotatable bonds is 7. The zero-order chi connectivity index (χ0) is 11.8. The molecule has 0 aromatic heterocycles. The van der Waals surface area contributed by atoms with Crippen molar-refractivity contribution < 1.29 is 5.11 Å². The van der Waals surface area contributed by atoms with E-state index in [1.807, 2.05) is 18.2 Å². The number of hydrogen-bond acceptors (Lipinski definition) is 3. The molecule has 0 atom stereocenters. The van der Waals surface area contributed by atoms with Crippen molar-refractivity contribution in [2.75, 3.05) is 19.7 Å². The van der Waals surface area contributed by atoms with Crippen molar-refractivity contribution in [2.45, 2.75) is 13.1 Å². The summed E-state index contributed by atoms with van der Waals surface area (Å²) in [4.78, 5) is 2.14. The Morgan fingerprint density at radius 3 is 2.75 bits per heavy atom. The van der Waals surface area contributed by atoms with Gasteiger partial charge in [0.25, 0.3) is 0 Å². The average Bonchev–Trinajstić information content (AvgIpc) is 2.30. The molecule has 3 heteroatoms. The molecule has 1 aromatic rings. The van der Waals surface area contributed by atoms with E-state index in [4.69, 9.17) is 10.8 Å². The summed E-state index contributed by atoms with van der Waals surface area (Å²) in [7, 11) is 0. The van der Waals surface area contributed by atoms with Gasteiger partial charge in [0.2, 0.25) is 0 Å². The summed E-state index contributed by atoms with van der Waals surface area (Å²) in [5.74, 6) is 0. The largest absolute Gasteiger partial charge is 0.395 e. The number of hydrogen-bond donors (Lipinski definition) is 2. The Hall–Kier alpha value is -1.16. The van der Waals surface area contributed by atoms with Crippen LogP contribution in [0.2, 0.25) is 0 Å². The first-order chi connectivity index (χ1) is 7.80. The van der Waals surface area contributed by atoms with Gasteiger partial charge in [-0.1, -0.05) is 30.3 Å². The predicted octanol–water partition coefficient (Wildman–Crippen LogP) is 1.13. The normalized spacial score (nSPS) is 10.7. The van der Waals surface area contributed by atoms with Gasteiger partial charge in [0.15, 0.2) is 0 Å². The van der Waals surface area contributed by atoms with Crippen LogP contribution < -0.4 is 5.73 Å². The van der Waals surface area contributed by atoms with Crippen LogP contribution in [0.5, 0.6) is 0 Å². The second-order valence-corrected chi connectivity index (χ2v) is 3.77. The summed E-state index contributed by atoms with van der Waals surface area (Å²) in [6.07, 6.45) is 1.85. The number of nitrogens with zero attached hydrogens (tertiary/aromatic N) is 1. The maximum Gasteiger partial charge on any atom is 0.0558 e. The van der Waals surface area contributed by atoms with E-state index in [2.05, 4.69) is 23.6 Å². The minimum Gasteiger partial charge on any atom is -0.395 e. The first-order valence-corrected chi connectivity index (χ1v) is 5.52. The predicted molar refractivity (Wildman–Crippen MR) is 66.9 cm³/mol. The number of benzene rings is 1.